The van der Waals surface area contributed by atoms with E-state index in [1.807, 2.05) is 13.8 Å². The minimum atomic E-state index is -0.186. The third-order valence-corrected chi connectivity index (χ3v) is 1.36. The van der Waals surface area contributed by atoms with Crippen LogP contribution < -0.4 is 0 Å². The summed E-state index contributed by atoms with van der Waals surface area (Å²) < 4.78 is 5.13. The molecule has 0 aliphatic heterocycles. The van der Waals surface area contributed by atoms with Gasteiger partial charge in [0.2, 0.25) is 5.78 Å². The predicted molar refractivity (Wildman–Crippen MR) is 47.5 cm³/mol. The summed E-state index contributed by atoms with van der Waals surface area (Å²) in [5.74, 6) is 0.0254. The van der Waals surface area contributed by atoms with Crippen LogP contribution in [0.1, 0.15) is 24.5 Å². The van der Waals surface area contributed by atoms with Crippen LogP contribution in [0.4, 0.5) is 0 Å². The van der Waals surface area contributed by atoms with Crippen molar-refractivity contribution in [2.24, 2.45) is 0 Å². The monoisotopic (exact) mass is 180 g/mol. The first-order valence-electron chi connectivity index (χ1n) is 4.12. The molecule has 1 aromatic rings. The zero-order valence-corrected chi connectivity index (χ0v) is 7.73. The molecule has 13 heavy (non-hydrogen) atoms. The van der Waals surface area contributed by atoms with Crippen molar-refractivity contribution in [1.82, 2.24) is 9.97 Å². The topological polar surface area (TPSA) is 52.1 Å². The molecule has 0 amide bonds. The first kappa shape index (κ1) is 9.80. The summed E-state index contributed by atoms with van der Waals surface area (Å²) in [6.45, 7) is 3.79. The fourth-order valence-corrected chi connectivity index (χ4v) is 0.750. The van der Waals surface area contributed by atoms with Gasteiger partial charge in [-0.15, -0.1) is 0 Å². The molecule has 0 aliphatic rings. The number of hydrogen-bond donors (Lipinski definition) is 0. The smallest absolute Gasteiger partial charge is 0.225 e. The van der Waals surface area contributed by atoms with Gasteiger partial charge in [0.1, 0.15) is 6.61 Å². The van der Waals surface area contributed by atoms with E-state index in [0.29, 0.717) is 0 Å². The summed E-state index contributed by atoms with van der Waals surface area (Å²) in [6.07, 6.45) is 3.12. The Bertz CT molecular complexity index is 272. The lowest BCUT2D eigenvalue weighted by atomic mass is 10.4. The number of ether oxygens (including phenoxy) is 1. The Balaban J connectivity index is 2.50. The van der Waals surface area contributed by atoms with Crippen LogP contribution in [0.15, 0.2) is 18.5 Å². The van der Waals surface area contributed by atoms with Gasteiger partial charge in [0.05, 0.1) is 6.10 Å². The highest BCUT2D eigenvalue weighted by Crippen LogP contribution is 1.93. The Labute approximate surface area is 77.0 Å². The molecule has 0 aliphatic carbocycles. The number of hydrogen-bond acceptors (Lipinski definition) is 4. The van der Waals surface area contributed by atoms with E-state index in [1.165, 1.54) is 12.4 Å². The van der Waals surface area contributed by atoms with Crippen LogP contribution in [-0.4, -0.2) is 28.5 Å². The van der Waals surface area contributed by atoms with Crippen LogP contribution in [-0.2, 0) is 4.74 Å². The van der Waals surface area contributed by atoms with Gasteiger partial charge in [-0.3, -0.25) is 4.79 Å². The highest BCUT2D eigenvalue weighted by Gasteiger charge is 2.08. The molecule has 1 aromatic heterocycles. The molecule has 0 fully saturated rings. The standard InChI is InChI=1S/C9H12N2O2/c1-7(2)13-6-8(12)9-10-4-3-5-11-9/h3-5,7H,6H2,1-2H3. The largest absolute Gasteiger partial charge is 0.371 e. The summed E-state index contributed by atoms with van der Waals surface area (Å²) in [7, 11) is 0. The van der Waals surface area contributed by atoms with Gasteiger partial charge in [0.15, 0.2) is 5.82 Å². The van der Waals surface area contributed by atoms with E-state index in [4.69, 9.17) is 4.74 Å². The summed E-state index contributed by atoms with van der Waals surface area (Å²) in [6, 6.07) is 1.67. The molecule has 0 unspecified atom stereocenters. The Kier molecular flexibility index (Phi) is 3.52. The number of carbonyl (C=O) groups excluding carboxylic acids is 1. The molecule has 4 nitrogen and oxygen atoms in total. The molecule has 0 aromatic carbocycles. The third-order valence-electron chi connectivity index (χ3n) is 1.36. The van der Waals surface area contributed by atoms with Gasteiger partial charge in [-0.25, -0.2) is 9.97 Å². The molecular weight excluding hydrogens is 168 g/mol. The number of nitrogens with zero attached hydrogens (tertiary/aromatic N) is 2. The number of rotatable bonds is 4. The molecule has 0 atom stereocenters. The number of aromatic nitrogens is 2. The zero-order chi connectivity index (χ0) is 9.68. The van der Waals surface area contributed by atoms with E-state index in [2.05, 4.69) is 9.97 Å². The van der Waals surface area contributed by atoms with Crippen LogP contribution >= 0.6 is 0 Å². The zero-order valence-electron chi connectivity index (χ0n) is 7.73. The van der Waals surface area contributed by atoms with Crippen molar-refractivity contribution in [2.75, 3.05) is 6.61 Å². The summed E-state index contributed by atoms with van der Waals surface area (Å²) in [5, 5.41) is 0. The average Bonchev–Trinajstić information content (AvgIpc) is 2.15. The van der Waals surface area contributed by atoms with Gasteiger partial charge in [-0.1, -0.05) is 0 Å². The molecule has 1 rings (SSSR count). The molecule has 1 heterocycles. The highest BCUT2D eigenvalue weighted by molar-refractivity contribution is 5.93. The van der Waals surface area contributed by atoms with E-state index >= 15 is 0 Å². The summed E-state index contributed by atoms with van der Waals surface area (Å²) >= 11 is 0. The second kappa shape index (κ2) is 4.67. The van der Waals surface area contributed by atoms with Crippen LogP contribution in [0.3, 0.4) is 0 Å². The predicted octanol–water partition coefficient (Wildman–Crippen LogP) is 1.08. The van der Waals surface area contributed by atoms with Crippen molar-refractivity contribution < 1.29 is 9.53 Å². The van der Waals surface area contributed by atoms with Crippen LogP contribution in [0.25, 0.3) is 0 Å². The minimum Gasteiger partial charge on any atom is -0.371 e. The summed E-state index contributed by atoms with van der Waals surface area (Å²) in [5.41, 5.74) is 0. The van der Waals surface area contributed by atoms with Gasteiger partial charge in [-0.05, 0) is 19.9 Å². The van der Waals surface area contributed by atoms with E-state index < -0.39 is 0 Å². The van der Waals surface area contributed by atoms with Crippen molar-refractivity contribution in [1.29, 1.82) is 0 Å². The summed E-state index contributed by atoms with van der Waals surface area (Å²) in [4.78, 5) is 18.9. The van der Waals surface area contributed by atoms with Gasteiger partial charge < -0.3 is 4.74 Å². The maximum Gasteiger partial charge on any atom is 0.225 e. The highest BCUT2D eigenvalue weighted by atomic mass is 16.5. The van der Waals surface area contributed by atoms with Crippen molar-refractivity contribution in [2.45, 2.75) is 20.0 Å². The maximum absolute atomic E-state index is 11.3. The molecule has 0 radical (unpaired) electrons. The van der Waals surface area contributed by atoms with E-state index in [-0.39, 0.29) is 24.3 Å². The van der Waals surface area contributed by atoms with Crippen molar-refractivity contribution in [3.05, 3.63) is 24.3 Å². The lowest BCUT2D eigenvalue weighted by molar-refractivity contribution is 0.0576. The lowest BCUT2D eigenvalue weighted by Gasteiger charge is -2.04. The van der Waals surface area contributed by atoms with Crippen LogP contribution in [0.5, 0.6) is 0 Å². The molecule has 0 saturated heterocycles. The number of carbonyl (C=O) groups is 1. The van der Waals surface area contributed by atoms with Crippen LogP contribution in [0, 0.1) is 0 Å². The van der Waals surface area contributed by atoms with Crippen LogP contribution in [0.2, 0.25) is 0 Å². The number of Topliss-reactive ketones (excluding diaryl/α,β-unsaturated/α-hetero) is 1. The Hall–Kier alpha value is -1.29. The van der Waals surface area contributed by atoms with Gasteiger partial charge in [-0.2, -0.15) is 0 Å². The first-order valence-corrected chi connectivity index (χ1v) is 4.12. The van der Waals surface area contributed by atoms with E-state index in [1.54, 1.807) is 6.07 Å². The van der Waals surface area contributed by atoms with E-state index in [0.717, 1.165) is 0 Å². The molecule has 4 heteroatoms. The number of ketones is 1. The normalized spacial score (nSPS) is 10.4. The van der Waals surface area contributed by atoms with Gasteiger partial charge in [0.25, 0.3) is 0 Å². The fourth-order valence-electron chi connectivity index (χ4n) is 0.750. The molecule has 0 N–H and O–H groups in total. The van der Waals surface area contributed by atoms with Crippen molar-refractivity contribution in [3.63, 3.8) is 0 Å². The van der Waals surface area contributed by atoms with Crippen molar-refractivity contribution in [3.8, 4) is 0 Å². The Morgan fingerprint density at radius 3 is 2.62 bits per heavy atom. The molecule has 70 valence electrons. The average molecular weight is 180 g/mol. The van der Waals surface area contributed by atoms with Gasteiger partial charge >= 0.3 is 0 Å². The van der Waals surface area contributed by atoms with Gasteiger partial charge in [0, 0.05) is 12.4 Å². The molecule has 0 spiro atoms. The quantitative estimate of drug-likeness (QED) is 0.651. The second-order valence-corrected chi connectivity index (χ2v) is 2.86. The second-order valence-electron chi connectivity index (χ2n) is 2.86. The third kappa shape index (κ3) is 3.29. The Morgan fingerprint density at radius 1 is 1.46 bits per heavy atom. The minimum absolute atomic E-state index is 0.0433. The lowest BCUT2D eigenvalue weighted by Crippen LogP contribution is -2.15. The van der Waals surface area contributed by atoms with Crippen molar-refractivity contribution >= 4 is 5.78 Å². The molecule has 0 bridgehead atoms. The molecular formula is C9H12N2O2. The first-order chi connectivity index (χ1) is 6.20. The Morgan fingerprint density at radius 2 is 2.08 bits per heavy atom. The fraction of sp³-hybridized carbons (Fsp3) is 0.444. The maximum atomic E-state index is 11.3. The SMILES string of the molecule is CC(C)OCC(=O)c1ncccn1. The van der Waals surface area contributed by atoms with E-state index in [9.17, 15) is 4.79 Å². The molecule has 0 saturated carbocycles.